The van der Waals surface area contributed by atoms with Crippen LogP contribution in [0.2, 0.25) is 0 Å². The van der Waals surface area contributed by atoms with Gasteiger partial charge in [-0.15, -0.1) is 6.58 Å². The standard InChI is InChI=1S/C15H17N3O3S/c1-2-9-17-22(20,21)11-12-5-7-13(8-6-12)18-15(19)14-4-3-10-16-14/h2-8,10,16-17H,1,9,11H2,(H,18,19). The number of aromatic nitrogens is 1. The number of rotatable bonds is 7. The van der Waals surface area contributed by atoms with Gasteiger partial charge in [0.15, 0.2) is 0 Å². The van der Waals surface area contributed by atoms with Gasteiger partial charge in [0.1, 0.15) is 5.69 Å². The molecule has 0 atom stereocenters. The zero-order valence-corrected chi connectivity index (χ0v) is 12.7. The van der Waals surface area contributed by atoms with Gasteiger partial charge in [0, 0.05) is 18.4 Å². The number of hydrogen-bond donors (Lipinski definition) is 3. The van der Waals surface area contributed by atoms with E-state index in [0.717, 1.165) is 0 Å². The van der Waals surface area contributed by atoms with Crippen molar-refractivity contribution in [2.24, 2.45) is 0 Å². The van der Waals surface area contributed by atoms with E-state index in [4.69, 9.17) is 0 Å². The number of anilines is 1. The Kier molecular flexibility index (Phi) is 5.13. The summed E-state index contributed by atoms with van der Waals surface area (Å²) in [6.07, 6.45) is 3.15. The minimum Gasteiger partial charge on any atom is -0.357 e. The summed E-state index contributed by atoms with van der Waals surface area (Å²) in [7, 11) is -3.38. The number of carbonyl (C=O) groups excluding carboxylic acids is 1. The van der Waals surface area contributed by atoms with Gasteiger partial charge in [-0.3, -0.25) is 4.79 Å². The lowest BCUT2D eigenvalue weighted by Gasteiger charge is -2.07. The van der Waals surface area contributed by atoms with Crippen molar-refractivity contribution in [3.8, 4) is 0 Å². The summed E-state index contributed by atoms with van der Waals surface area (Å²) >= 11 is 0. The van der Waals surface area contributed by atoms with Crippen molar-refractivity contribution in [1.29, 1.82) is 0 Å². The van der Waals surface area contributed by atoms with Crippen molar-refractivity contribution in [2.45, 2.75) is 5.75 Å². The van der Waals surface area contributed by atoms with Gasteiger partial charge in [0.25, 0.3) is 5.91 Å². The van der Waals surface area contributed by atoms with Crippen LogP contribution in [0.1, 0.15) is 16.1 Å². The molecule has 0 bridgehead atoms. The third kappa shape index (κ3) is 4.57. The lowest BCUT2D eigenvalue weighted by molar-refractivity contribution is 0.102. The Labute approximate surface area is 129 Å². The first-order chi connectivity index (χ1) is 10.5. The lowest BCUT2D eigenvalue weighted by atomic mass is 10.2. The molecule has 0 aliphatic heterocycles. The molecule has 0 aliphatic rings. The molecule has 0 fully saturated rings. The summed E-state index contributed by atoms with van der Waals surface area (Å²) in [6.45, 7) is 3.66. The molecular formula is C15H17N3O3S. The number of nitrogens with one attached hydrogen (secondary N) is 3. The van der Waals surface area contributed by atoms with Gasteiger partial charge in [0.05, 0.1) is 5.75 Å². The average molecular weight is 319 g/mol. The van der Waals surface area contributed by atoms with Gasteiger partial charge in [0.2, 0.25) is 10.0 Å². The molecule has 116 valence electrons. The molecular weight excluding hydrogens is 302 g/mol. The molecule has 1 amide bonds. The van der Waals surface area contributed by atoms with E-state index in [-0.39, 0.29) is 18.2 Å². The summed E-state index contributed by atoms with van der Waals surface area (Å²) in [4.78, 5) is 14.7. The summed E-state index contributed by atoms with van der Waals surface area (Å²) in [5.41, 5.74) is 1.69. The van der Waals surface area contributed by atoms with Crippen molar-refractivity contribution in [1.82, 2.24) is 9.71 Å². The van der Waals surface area contributed by atoms with Gasteiger partial charge >= 0.3 is 0 Å². The third-order valence-electron chi connectivity index (χ3n) is 2.86. The molecule has 7 heteroatoms. The van der Waals surface area contributed by atoms with Gasteiger partial charge in [-0.2, -0.15) is 0 Å². The minimum absolute atomic E-state index is 0.119. The van der Waals surface area contributed by atoms with E-state index in [1.54, 1.807) is 42.6 Å². The molecule has 0 aliphatic carbocycles. The predicted octanol–water partition coefficient (Wildman–Crippen LogP) is 1.87. The average Bonchev–Trinajstić information content (AvgIpc) is 3.01. The highest BCUT2D eigenvalue weighted by Gasteiger charge is 2.11. The van der Waals surface area contributed by atoms with E-state index < -0.39 is 10.0 Å². The minimum atomic E-state index is -3.38. The molecule has 3 N–H and O–H groups in total. The van der Waals surface area contributed by atoms with Crippen LogP contribution in [0.3, 0.4) is 0 Å². The smallest absolute Gasteiger partial charge is 0.272 e. The van der Waals surface area contributed by atoms with Gasteiger partial charge in [-0.1, -0.05) is 18.2 Å². The fourth-order valence-electron chi connectivity index (χ4n) is 1.81. The Bertz CT molecular complexity index is 735. The highest BCUT2D eigenvalue weighted by molar-refractivity contribution is 7.88. The molecule has 2 rings (SSSR count). The van der Waals surface area contributed by atoms with Crippen LogP contribution in [0.15, 0.2) is 55.3 Å². The van der Waals surface area contributed by atoms with E-state index in [2.05, 4.69) is 21.6 Å². The van der Waals surface area contributed by atoms with Gasteiger partial charge < -0.3 is 10.3 Å². The number of sulfonamides is 1. The zero-order chi connectivity index (χ0) is 16.0. The molecule has 0 saturated heterocycles. The Morgan fingerprint density at radius 1 is 1.23 bits per heavy atom. The van der Waals surface area contributed by atoms with Gasteiger partial charge in [-0.05, 0) is 29.8 Å². The van der Waals surface area contributed by atoms with E-state index in [1.165, 1.54) is 6.08 Å². The normalized spacial score (nSPS) is 11.1. The molecule has 0 spiro atoms. The number of H-pyrrole nitrogens is 1. The first-order valence-corrected chi connectivity index (χ1v) is 8.27. The molecule has 22 heavy (non-hydrogen) atoms. The lowest BCUT2D eigenvalue weighted by Crippen LogP contribution is -2.25. The molecule has 2 aromatic rings. The van der Waals surface area contributed by atoms with Crippen molar-refractivity contribution in [2.75, 3.05) is 11.9 Å². The van der Waals surface area contributed by atoms with Crippen LogP contribution >= 0.6 is 0 Å². The topological polar surface area (TPSA) is 91.1 Å². The Morgan fingerprint density at radius 3 is 2.55 bits per heavy atom. The van der Waals surface area contributed by atoms with Crippen LogP contribution in [0, 0.1) is 0 Å². The third-order valence-corrected chi connectivity index (χ3v) is 4.18. The van der Waals surface area contributed by atoms with Gasteiger partial charge in [-0.25, -0.2) is 13.1 Å². The van der Waals surface area contributed by atoms with Crippen LogP contribution in [-0.4, -0.2) is 25.9 Å². The zero-order valence-electron chi connectivity index (χ0n) is 11.9. The second-order valence-corrected chi connectivity index (χ2v) is 6.44. The van der Waals surface area contributed by atoms with Crippen molar-refractivity contribution >= 4 is 21.6 Å². The van der Waals surface area contributed by atoms with E-state index in [9.17, 15) is 13.2 Å². The number of benzene rings is 1. The van der Waals surface area contributed by atoms with Crippen molar-refractivity contribution < 1.29 is 13.2 Å². The SMILES string of the molecule is C=CCNS(=O)(=O)Cc1ccc(NC(=O)c2ccc[nH]2)cc1. The predicted molar refractivity (Wildman–Crippen MR) is 86.0 cm³/mol. The molecule has 1 aromatic carbocycles. The number of aromatic amines is 1. The monoisotopic (exact) mass is 319 g/mol. The second kappa shape index (κ2) is 7.06. The van der Waals surface area contributed by atoms with E-state index >= 15 is 0 Å². The molecule has 0 unspecified atom stereocenters. The molecule has 6 nitrogen and oxygen atoms in total. The maximum atomic E-state index is 11.8. The second-order valence-electron chi connectivity index (χ2n) is 4.63. The Morgan fingerprint density at radius 2 is 1.95 bits per heavy atom. The summed E-state index contributed by atoms with van der Waals surface area (Å²) < 4.78 is 25.9. The summed E-state index contributed by atoms with van der Waals surface area (Å²) in [5, 5.41) is 2.72. The summed E-state index contributed by atoms with van der Waals surface area (Å²) in [5.74, 6) is -0.371. The maximum Gasteiger partial charge on any atom is 0.272 e. The first kappa shape index (κ1) is 16.0. The first-order valence-electron chi connectivity index (χ1n) is 6.62. The highest BCUT2D eigenvalue weighted by Crippen LogP contribution is 2.12. The highest BCUT2D eigenvalue weighted by atomic mass is 32.2. The largest absolute Gasteiger partial charge is 0.357 e. The van der Waals surface area contributed by atoms with Crippen LogP contribution in [0.4, 0.5) is 5.69 Å². The fraction of sp³-hybridized carbons (Fsp3) is 0.133. The number of amides is 1. The van der Waals surface area contributed by atoms with Crippen LogP contribution < -0.4 is 10.0 Å². The quantitative estimate of drug-likeness (QED) is 0.680. The molecule has 0 saturated carbocycles. The molecule has 1 heterocycles. The van der Waals surface area contributed by atoms with Crippen LogP contribution in [-0.2, 0) is 15.8 Å². The summed E-state index contributed by atoms with van der Waals surface area (Å²) in [6, 6.07) is 10.1. The maximum absolute atomic E-state index is 11.8. The van der Waals surface area contributed by atoms with Crippen molar-refractivity contribution in [3.63, 3.8) is 0 Å². The number of hydrogen-bond acceptors (Lipinski definition) is 3. The number of carbonyl (C=O) groups is 1. The fourth-order valence-corrected chi connectivity index (χ4v) is 2.92. The van der Waals surface area contributed by atoms with Crippen molar-refractivity contribution in [3.05, 3.63) is 66.5 Å². The van der Waals surface area contributed by atoms with E-state index in [0.29, 0.717) is 16.9 Å². The van der Waals surface area contributed by atoms with Crippen LogP contribution in [0.25, 0.3) is 0 Å². The Hall–Kier alpha value is -2.38. The van der Waals surface area contributed by atoms with Crippen LogP contribution in [0.5, 0.6) is 0 Å². The molecule has 0 radical (unpaired) electrons. The molecule has 1 aromatic heterocycles. The van der Waals surface area contributed by atoms with E-state index in [1.807, 2.05) is 0 Å². The Balaban J connectivity index is 1.98.